The van der Waals surface area contributed by atoms with E-state index < -0.39 is 0 Å². The van der Waals surface area contributed by atoms with Crippen LogP contribution >= 0.6 is 0 Å². The van der Waals surface area contributed by atoms with Gasteiger partial charge in [-0.3, -0.25) is 9.59 Å². The van der Waals surface area contributed by atoms with E-state index in [1.54, 1.807) is 16.9 Å². The molecule has 2 amide bonds. The molecule has 6 heteroatoms. The quantitative estimate of drug-likeness (QED) is 0.708. The topological polar surface area (TPSA) is 76.0 Å². The average Bonchev–Trinajstić information content (AvgIpc) is 3.16. The minimum absolute atomic E-state index is 0.0996. The van der Waals surface area contributed by atoms with Crippen LogP contribution in [0.15, 0.2) is 67.0 Å². The van der Waals surface area contributed by atoms with Gasteiger partial charge in [-0.1, -0.05) is 42.5 Å². The van der Waals surface area contributed by atoms with Gasteiger partial charge >= 0.3 is 0 Å². The fourth-order valence-corrected chi connectivity index (χ4v) is 2.77. The highest BCUT2D eigenvalue weighted by Gasteiger charge is 2.16. The van der Waals surface area contributed by atoms with Crippen molar-refractivity contribution in [2.75, 3.05) is 0 Å². The molecule has 0 aliphatic heterocycles. The molecule has 0 bridgehead atoms. The minimum atomic E-state index is -0.166. The summed E-state index contributed by atoms with van der Waals surface area (Å²) in [6, 6.07) is 17.0. The first kappa shape index (κ1) is 18.4. The van der Waals surface area contributed by atoms with Crippen molar-refractivity contribution in [2.45, 2.75) is 26.4 Å². The van der Waals surface area contributed by atoms with Gasteiger partial charge in [0, 0.05) is 25.2 Å². The average molecular weight is 362 g/mol. The molecule has 27 heavy (non-hydrogen) atoms. The number of carbonyl (C=O) groups is 2. The molecule has 0 fully saturated rings. The second-order valence-corrected chi connectivity index (χ2v) is 6.33. The highest BCUT2D eigenvalue weighted by molar-refractivity contribution is 5.98. The van der Waals surface area contributed by atoms with Crippen LogP contribution in [0.2, 0.25) is 0 Å². The molecular formula is C21H22N4O2. The largest absolute Gasteiger partial charge is 0.352 e. The molecule has 0 radical (unpaired) electrons. The summed E-state index contributed by atoms with van der Waals surface area (Å²) in [4.78, 5) is 23.9. The Morgan fingerprint density at radius 3 is 2.52 bits per heavy atom. The van der Waals surface area contributed by atoms with Crippen LogP contribution in [-0.2, 0) is 11.3 Å². The SMILES string of the molecule is CC(=O)NCc1cnn(-c2ccccc2C(=O)N[C@H](C)c2ccccc2)c1. The Bertz CT molecular complexity index is 934. The van der Waals surface area contributed by atoms with E-state index >= 15 is 0 Å². The molecule has 1 aromatic heterocycles. The summed E-state index contributed by atoms with van der Waals surface area (Å²) in [7, 11) is 0. The van der Waals surface area contributed by atoms with Gasteiger partial charge in [-0.15, -0.1) is 0 Å². The van der Waals surface area contributed by atoms with Crippen LogP contribution in [0.1, 0.15) is 41.4 Å². The molecule has 2 aromatic carbocycles. The Hall–Kier alpha value is -3.41. The van der Waals surface area contributed by atoms with E-state index in [0.29, 0.717) is 17.8 Å². The summed E-state index contributed by atoms with van der Waals surface area (Å²) in [5, 5.41) is 10.1. The molecule has 6 nitrogen and oxygen atoms in total. The number of hydrogen-bond acceptors (Lipinski definition) is 3. The van der Waals surface area contributed by atoms with Gasteiger partial charge in [0.1, 0.15) is 0 Å². The van der Waals surface area contributed by atoms with Gasteiger partial charge in [-0.25, -0.2) is 4.68 Å². The van der Waals surface area contributed by atoms with Crippen LogP contribution in [-0.4, -0.2) is 21.6 Å². The molecule has 0 spiro atoms. The van der Waals surface area contributed by atoms with E-state index in [-0.39, 0.29) is 17.9 Å². The van der Waals surface area contributed by atoms with Crippen molar-refractivity contribution in [3.05, 3.63) is 83.7 Å². The van der Waals surface area contributed by atoms with Crippen molar-refractivity contribution < 1.29 is 9.59 Å². The third-order valence-electron chi connectivity index (χ3n) is 4.22. The lowest BCUT2D eigenvalue weighted by atomic mass is 10.1. The molecule has 1 heterocycles. The summed E-state index contributed by atoms with van der Waals surface area (Å²) in [6.45, 7) is 3.82. The van der Waals surface area contributed by atoms with Crippen LogP contribution in [0.4, 0.5) is 0 Å². The van der Waals surface area contributed by atoms with Gasteiger partial charge in [0.15, 0.2) is 0 Å². The molecule has 0 aliphatic carbocycles. The molecule has 0 aliphatic rings. The second kappa shape index (κ2) is 8.31. The Balaban J connectivity index is 1.79. The summed E-state index contributed by atoms with van der Waals surface area (Å²) >= 11 is 0. The van der Waals surface area contributed by atoms with Crippen molar-refractivity contribution in [3.63, 3.8) is 0 Å². The van der Waals surface area contributed by atoms with Crippen LogP contribution in [0.25, 0.3) is 5.69 Å². The number of rotatable bonds is 6. The molecule has 1 atom stereocenters. The number of para-hydroxylation sites is 1. The molecule has 2 N–H and O–H groups in total. The van der Waals surface area contributed by atoms with Crippen LogP contribution in [0.5, 0.6) is 0 Å². The summed E-state index contributed by atoms with van der Waals surface area (Å²) in [5.74, 6) is -0.265. The first-order valence-corrected chi connectivity index (χ1v) is 8.78. The maximum absolute atomic E-state index is 12.8. The molecule has 0 saturated heterocycles. The Morgan fingerprint density at radius 1 is 1.07 bits per heavy atom. The van der Waals surface area contributed by atoms with E-state index in [9.17, 15) is 9.59 Å². The van der Waals surface area contributed by atoms with Crippen molar-refractivity contribution >= 4 is 11.8 Å². The van der Waals surface area contributed by atoms with E-state index in [1.165, 1.54) is 6.92 Å². The Labute approximate surface area is 158 Å². The van der Waals surface area contributed by atoms with Gasteiger partial charge in [0.2, 0.25) is 5.91 Å². The van der Waals surface area contributed by atoms with Gasteiger partial charge in [-0.05, 0) is 24.6 Å². The third kappa shape index (κ3) is 4.61. The fourth-order valence-electron chi connectivity index (χ4n) is 2.77. The molecule has 0 unspecified atom stereocenters. The van der Waals surface area contributed by atoms with Crippen molar-refractivity contribution in [3.8, 4) is 5.69 Å². The number of amides is 2. The molecule has 138 valence electrons. The maximum Gasteiger partial charge on any atom is 0.253 e. The number of hydrogen-bond donors (Lipinski definition) is 2. The summed E-state index contributed by atoms with van der Waals surface area (Å²) in [6.07, 6.45) is 3.49. The predicted octanol–water partition coefficient (Wildman–Crippen LogP) is 3.00. The standard InChI is InChI=1S/C21H22N4O2/c1-15(18-8-4-3-5-9-18)24-21(27)19-10-6-7-11-20(19)25-14-17(13-23-25)12-22-16(2)26/h3-11,13-15H,12H2,1-2H3,(H,22,26)(H,24,27)/t15-/m1/s1. The van der Waals surface area contributed by atoms with E-state index in [4.69, 9.17) is 0 Å². The number of nitrogens with zero attached hydrogens (tertiary/aromatic N) is 2. The highest BCUT2D eigenvalue weighted by Crippen LogP contribution is 2.17. The maximum atomic E-state index is 12.8. The zero-order valence-corrected chi connectivity index (χ0v) is 15.3. The van der Waals surface area contributed by atoms with E-state index in [1.807, 2.05) is 61.7 Å². The van der Waals surface area contributed by atoms with Gasteiger partial charge in [-0.2, -0.15) is 5.10 Å². The highest BCUT2D eigenvalue weighted by atomic mass is 16.2. The second-order valence-electron chi connectivity index (χ2n) is 6.33. The summed E-state index contributed by atoms with van der Waals surface area (Å²) < 4.78 is 1.65. The summed E-state index contributed by atoms with van der Waals surface area (Å²) in [5.41, 5.74) is 3.12. The van der Waals surface area contributed by atoms with Crippen LogP contribution in [0.3, 0.4) is 0 Å². The Kier molecular flexibility index (Phi) is 5.66. The normalized spacial score (nSPS) is 11.6. The Morgan fingerprint density at radius 2 is 1.78 bits per heavy atom. The smallest absolute Gasteiger partial charge is 0.253 e. The zero-order valence-electron chi connectivity index (χ0n) is 15.3. The number of aromatic nitrogens is 2. The monoisotopic (exact) mass is 362 g/mol. The van der Waals surface area contributed by atoms with E-state index in [2.05, 4.69) is 15.7 Å². The van der Waals surface area contributed by atoms with E-state index in [0.717, 1.165) is 11.1 Å². The molecule has 3 rings (SSSR count). The van der Waals surface area contributed by atoms with Crippen molar-refractivity contribution in [2.24, 2.45) is 0 Å². The van der Waals surface area contributed by atoms with Crippen LogP contribution < -0.4 is 10.6 Å². The third-order valence-corrected chi connectivity index (χ3v) is 4.22. The lowest BCUT2D eigenvalue weighted by molar-refractivity contribution is -0.119. The predicted molar refractivity (Wildman–Crippen MR) is 103 cm³/mol. The molecular weight excluding hydrogens is 340 g/mol. The molecule has 3 aromatic rings. The van der Waals surface area contributed by atoms with Crippen molar-refractivity contribution in [1.29, 1.82) is 0 Å². The zero-order chi connectivity index (χ0) is 19.2. The van der Waals surface area contributed by atoms with Gasteiger partial charge < -0.3 is 10.6 Å². The number of benzene rings is 2. The van der Waals surface area contributed by atoms with Crippen LogP contribution in [0, 0.1) is 0 Å². The van der Waals surface area contributed by atoms with Gasteiger partial charge in [0.25, 0.3) is 5.91 Å². The lowest BCUT2D eigenvalue weighted by Gasteiger charge is -2.16. The number of carbonyl (C=O) groups excluding carboxylic acids is 2. The minimum Gasteiger partial charge on any atom is -0.352 e. The number of nitrogens with one attached hydrogen (secondary N) is 2. The fraction of sp³-hybridized carbons (Fsp3) is 0.190. The molecule has 0 saturated carbocycles. The van der Waals surface area contributed by atoms with Gasteiger partial charge in [0.05, 0.1) is 23.5 Å². The lowest BCUT2D eigenvalue weighted by Crippen LogP contribution is -2.27. The first-order chi connectivity index (χ1) is 13.0. The van der Waals surface area contributed by atoms with Crippen molar-refractivity contribution in [1.82, 2.24) is 20.4 Å². The first-order valence-electron chi connectivity index (χ1n) is 8.78.